The number of rotatable bonds is 7. The van der Waals surface area contributed by atoms with Crippen LogP contribution < -0.4 is 15.8 Å². The van der Waals surface area contributed by atoms with E-state index in [0.717, 1.165) is 0 Å². The minimum absolute atomic E-state index is 0.0702. The quantitative estimate of drug-likeness (QED) is 0.760. The maximum absolute atomic E-state index is 12.3. The number of anilines is 1. The Morgan fingerprint density at radius 2 is 1.92 bits per heavy atom. The van der Waals surface area contributed by atoms with E-state index in [4.69, 9.17) is 10.5 Å². The van der Waals surface area contributed by atoms with Crippen LogP contribution in [0.5, 0.6) is 5.75 Å². The summed E-state index contributed by atoms with van der Waals surface area (Å²) in [4.78, 5) is 12.3. The van der Waals surface area contributed by atoms with Gasteiger partial charge in [-0.1, -0.05) is 0 Å². The minimum atomic E-state index is -3.16. The van der Waals surface area contributed by atoms with Crippen LogP contribution in [0.15, 0.2) is 24.3 Å². The Bertz CT molecular complexity index is 638. The van der Waals surface area contributed by atoms with Crippen LogP contribution >= 0.6 is 0 Å². The molecule has 0 atom stereocenters. The fourth-order valence-electron chi connectivity index (χ4n) is 2.63. The van der Waals surface area contributed by atoms with Crippen molar-refractivity contribution in [1.29, 1.82) is 0 Å². The van der Waals surface area contributed by atoms with Gasteiger partial charge in [-0.15, -0.1) is 0 Å². The highest BCUT2D eigenvalue weighted by Gasteiger charge is 2.30. The summed E-state index contributed by atoms with van der Waals surface area (Å²) in [5.41, 5.74) is 6.08. The van der Waals surface area contributed by atoms with E-state index in [1.807, 2.05) is 0 Å². The molecule has 1 heterocycles. The molecule has 0 aromatic heterocycles. The molecule has 2 rings (SSSR count). The molecule has 0 saturated carbocycles. The van der Waals surface area contributed by atoms with Gasteiger partial charge in [0.1, 0.15) is 12.4 Å². The highest BCUT2D eigenvalue weighted by molar-refractivity contribution is 7.89. The van der Waals surface area contributed by atoms with Crippen LogP contribution in [0.4, 0.5) is 5.69 Å². The molecule has 8 heteroatoms. The van der Waals surface area contributed by atoms with Crippen LogP contribution in [0.25, 0.3) is 0 Å². The predicted octanol–water partition coefficient (Wildman–Crippen LogP) is 1.02. The molecular formula is C16H25N3O4S. The summed E-state index contributed by atoms with van der Waals surface area (Å²) in [5.74, 6) is 0.569. The summed E-state index contributed by atoms with van der Waals surface area (Å²) >= 11 is 0. The number of benzene rings is 1. The van der Waals surface area contributed by atoms with Crippen molar-refractivity contribution in [2.45, 2.75) is 19.8 Å². The van der Waals surface area contributed by atoms with Crippen molar-refractivity contribution >= 4 is 21.6 Å². The van der Waals surface area contributed by atoms with Gasteiger partial charge in [-0.25, -0.2) is 12.7 Å². The van der Waals surface area contributed by atoms with Crippen LogP contribution in [0, 0.1) is 5.92 Å². The predicted molar refractivity (Wildman–Crippen MR) is 93.4 cm³/mol. The first-order valence-corrected chi connectivity index (χ1v) is 9.79. The first-order valence-electron chi connectivity index (χ1n) is 8.18. The zero-order valence-electron chi connectivity index (χ0n) is 13.9. The third-order valence-electron chi connectivity index (χ3n) is 4.09. The SMILES string of the molecule is CCS(=O)(=O)N1CCC(C(=O)Nc2ccc(OCCN)cc2)CC1. The summed E-state index contributed by atoms with van der Waals surface area (Å²) in [5, 5.41) is 2.88. The van der Waals surface area contributed by atoms with E-state index in [0.29, 0.717) is 50.5 Å². The van der Waals surface area contributed by atoms with Crippen molar-refractivity contribution in [1.82, 2.24) is 4.31 Å². The first-order chi connectivity index (χ1) is 11.5. The van der Waals surface area contributed by atoms with Crippen LogP contribution in [0.3, 0.4) is 0 Å². The van der Waals surface area contributed by atoms with Gasteiger partial charge >= 0.3 is 0 Å². The Labute approximate surface area is 143 Å². The molecule has 1 aromatic rings. The van der Waals surface area contributed by atoms with Crippen LogP contribution in [0.2, 0.25) is 0 Å². The van der Waals surface area contributed by atoms with Gasteiger partial charge in [0.05, 0.1) is 5.75 Å². The number of hydrogen-bond acceptors (Lipinski definition) is 5. The molecule has 0 aliphatic carbocycles. The fraction of sp³-hybridized carbons (Fsp3) is 0.562. The van der Waals surface area contributed by atoms with Gasteiger partial charge < -0.3 is 15.8 Å². The highest BCUT2D eigenvalue weighted by Crippen LogP contribution is 2.22. The molecule has 24 heavy (non-hydrogen) atoms. The van der Waals surface area contributed by atoms with Gasteiger partial charge in [0.25, 0.3) is 0 Å². The Morgan fingerprint density at radius 3 is 2.46 bits per heavy atom. The summed E-state index contributed by atoms with van der Waals surface area (Å²) in [6.45, 7) is 3.34. The number of nitrogens with one attached hydrogen (secondary N) is 1. The van der Waals surface area contributed by atoms with Crippen molar-refractivity contribution < 1.29 is 17.9 Å². The molecular weight excluding hydrogens is 330 g/mol. The maximum Gasteiger partial charge on any atom is 0.227 e. The zero-order chi connectivity index (χ0) is 17.6. The second-order valence-electron chi connectivity index (χ2n) is 5.72. The van der Waals surface area contributed by atoms with E-state index in [9.17, 15) is 13.2 Å². The lowest BCUT2D eigenvalue weighted by molar-refractivity contribution is -0.120. The Kier molecular flexibility index (Phi) is 6.59. The van der Waals surface area contributed by atoms with Gasteiger partial charge in [-0.05, 0) is 44.0 Å². The largest absolute Gasteiger partial charge is 0.492 e. The summed E-state index contributed by atoms with van der Waals surface area (Å²) < 4.78 is 30.5. The molecule has 0 radical (unpaired) electrons. The van der Waals surface area contributed by atoms with Gasteiger partial charge in [0.15, 0.2) is 0 Å². The van der Waals surface area contributed by atoms with E-state index >= 15 is 0 Å². The smallest absolute Gasteiger partial charge is 0.227 e. The number of nitrogens with zero attached hydrogens (tertiary/aromatic N) is 1. The third kappa shape index (κ3) is 4.93. The Balaban J connectivity index is 1.85. The van der Waals surface area contributed by atoms with Crippen molar-refractivity contribution in [3.8, 4) is 5.75 Å². The molecule has 1 saturated heterocycles. The first kappa shape index (κ1) is 18.7. The number of carbonyl (C=O) groups excluding carboxylic acids is 1. The van der Waals surface area contributed by atoms with Crippen LogP contribution in [0.1, 0.15) is 19.8 Å². The van der Waals surface area contributed by atoms with Gasteiger partial charge in [0.2, 0.25) is 15.9 Å². The van der Waals surface area contributed by atoms with Gasteiger partial charge in [-0.2, -0.15) is 0 Å². The average molecular weight is 355 g/mol. The number of hydrogen-bond donors (Lipinski definition) is 2. The molecule has 1 amide bonds. The summed E-state index contributed by atoms with van der Waals surface area (Å²) in [6, 6.07) is 7.12. The average Bonchev–Trinajstić information content (AvgIpc) is 2.61. The number of carbonyl (C=O) groups is 1. The lowest BCUT2D eigenvalue weighted by Crippen LogP contribution is -2.42. The molecule has 0 bridgehead atoms. The molecule has 1 aliphatic heterocycles. The topological polar surface area (TPSA) is 102 Å². The number of nitrogens with two attached hydrogens (primary N) is 1. The van der Waals surface area contributed by atoms with E-state index < -0.39 is 10.0 Å². The second kappa shape index (κ2) is 8.46. The Hall–Kier alpha value is -1.64. The molecule has 0 unspecified atom stereocenters. The van der Waals surface area contributed by atoms with Crippen LogP contribution in [-0.2, 0) is 14.8 Å². The third-order valence-corrected chi connectivity index (χ3v) is 5.97. The Morgan fingerprint density at radius 1 is 1.29 bits per heavy atom. The molecule has 134 valence electrons. The molecule has 1 fully saturated rings. The van der Waals surface area contributed by atoms with E-state index in [1.165, 1.54) is 4.31 Å². The second-order valence-corrected chi connectivity index (χ2v) is 7.98. The lowest BCUT2D eigenvalue weighted by Gasteiger charge is -2.30. The van der Waals surface area contributed by atoms with E-state index in [-0.39, 0.29) is 17.6 Å². The van der Waals surface area contributed by atoms with Gasteiger partial charge in [-0.3, -0.25) is 4.79 Å². The van der Waals surface area contributed by atoms with Crippen molar-refractivity contribution in [3.63, 3.8) is 0 Å². The summed E-state index contributed by atoms with van der Waals surface area (Å²) in [7, 11) is -3.16. The van der Waals surface area contributed by atoms with Crippen molar-refractivity contribution in [2.24, 2.45) is 11.7 Å². The van der Waals surface area contributed by atoms with Crippen molar-refractivity contribution in [2.75, 3.05) is 37.3 Å². The zero-order valence-corrected chi connectivity index (χ0v) is 14.7. The summed E-state index contributed by atoms with van der Waals surface area (Å²) in [6.07, 6.45) is 1.09. The van der Waals surface area contributed by atoms with E-state index in [1.54, 1.807) is 31.2 Å². The monoisotopic (exact) mass is 355 g/mol. The molecule has 1 aromatic carbocycles. The van der Waals surface area contributed by atoms with Gasteiger partial charge in [0, 0.05) is 31.2 Å². The highest BCUT2D eigenvalue weighted by atomic mass is 32.2. The number of amides is 1. The van der Waals surface area contributed by atoms with Crippen molar-refractivity contribution in [3.05, 3.63) is 24.3 Å². The molecule has 0 spiro atoms. The number of piperidine rings is 1. The van der Waals surface area contributed by atoms with E-state index in [2.05, 4.69) is 5.32 Å². The maximum atomic E-state index is 12.3. The number of ether oxygens (including phenoxy) is 1. The number of sulfonamides is 1. The molecule has 3 N–H and O–H groups in total. The lowest BCUT2D eigenvalue weighted by atomic mass is 9.97. The minimum Gasteiger partial charge on any atom is -0.492 e. The molecule has 7 nitrogen and oxygen atoms in total. The fourth-order valence-corrected chi connectivity index (χ4v) is 3.77. The standard InChI is InChI=1S/C16H25N3O4S/c1-2-24(21,22)19-10-7-13(8-11-19)16(20)18-14-3-5-15(6-4-14)23-12-9-17/h3-6,13H,2,7-12,17H2,1H3,(H,18,20). The normalized spacial score (nSPS) is 16.8. The van der Waals surface area contributed by atoms with Crippen LogP contribution in [-0.4, -0.2) is 50.6 Å². The molecule has 1 aliphatic rings.